The van der Waals surface area contributed by atoms with E-state index in [1.165, 1.54) is 11.3 Å². The Labute approximate surface area is 157 Å². The number of amides is 1. The van der Waals surface area contributed by atoms with Crippen molar-refractivity contribution in [3.05, 3.63) is 46.7 Å². The molecule has 5 nitrogen and oxygen atoms in total. The molecule has 0 bridgehead atoms. The van der Waals surface area contributed by atoms with Crippen molar-refractivity contribution in [3.8, 4) is 11.5 Å². The smallest absolute Gasteiger partial charge is 0.316 e. The predicted octanol–water partition coefficient (Wildman–Crippen LogP) is 3.99. The molecule has 1 aromatic heterocycles. The standard InChI is InChI=1S/C20H23NO4S/c1-2-12-24-16-7-9-17(10-8-16)25-20(23)15-5-3-11-21(14-15)19(22)18-6-4-13-26-18/h4,6-10,13,15H,2-3,5,11-12,14H2,1H3. The van der Waals surface area contributed by atoms with Crippen LogP contribution in [0.25, 0.3) is 0 Å². The lowest BCUT2D eigenvalue weighted by Crippen LogP contribution is -2.43. The number of esters is 1. The number of nitrogens with zero attached hydrogens (tertiary/aromatic N) is 1. The van der Waals surface area contributed by atoms with Crippen LogP contribution in [-0.2, 0) is 4.79 Å². The molecule has 0 saturated carbocycles. The van der Waals surface area contributed by atoms with Crippen molar-refractivity contribution < 1.29 is 19.1 Å². The Kier molecular flexibility index (Phi) is 6.28. The summed E-state index contributed by atoms with van der Waals surface area (Å²) in [5.74, 6) is 0.687. The fourth-order valence-corrected chi connectivity index (χ4v) is 3.62. The van der Waals surface area contributed by atoms with E-state index in [1.54, 1.807) is 29.2 Å². The number of likely N-dealkylation sites (tertiary alicyclic amines) is 1. The molecular formula is C20H23NO4S. The van der Waals surface area contributed by atoms with Gasteiger partial charge in [0.2, 0.25) is 0 Å². The minimum absolute atomic E-state index is 0.00470. The fourth-order valence-electron chi connectivity index (χ4n) is 2.93. The number of hydrogen-bond donors (Lipinski definition) is 0. The lowest BCUT2D eigenvalue weighted by Gasteiger charge is -2.31. The van der Waals surface area contributed by atoms with Gasteiger partial charge in [-0.15, -0.1) is 11.3 Å². The summed E-state index contributed by atoms with van der Waals surface area (Å²) in [5, 5.41) is 1.89. The van der Waals surface area contributed by atoms with Gasteiger partial charge in [-0.05, 0) is 55.0 Å². The summed E-state index contributed by atoms with van der Waals surface area (Å²) in [4.78, 5) is 27.4. The molecule has 1 fully saturated rings. The van der Waals surface area contributed by atoms with Gasteiger partial charge in [0.25, 0.3) is 5.91 Å². The summed E-state index contributed by atoms with van der Waals surface area (Å²) in [6.45, 7) is 3.80. The van der Waals surface area contributed by atoms with Gasteiger partial charge in [-0.1, -0.05) is 13.0 Å². The maximum absolute atomic E-state index is 12.5. The van der Waals surface area contributed by atoms with E-state index in [0.717, 1.165) is 25.0 Å². The third-order valence-electron chi connectivity index (χ3n) is 4.29. The van der Waals surface area contributed by atoms with Gasteiger partial charge in [0.1, 0.15) is 11.5 Å². The van der Waals surface area contributed by atoms with E-state index in [0.29, 0.717) is 30.3 Å². The molecule has 1 unspecified atom stereocenters. The van der Waals surface area contributed by atoms with Crippen molar-refractivity contribution >= 4 is 23.2 Å². The number of thiophene rings is 1. The van der Waals surface area contributed by atoms with E-state index < -0.39 is 0 Å². The minimum Gasteiger partial charge on any atom is -0.494 e. The monoisotopic (exact) mass is 373 g/mol. The number of carbonyl (C=O) groups is 2. The van der Waals surface area contributed by atoms with Gasteiger partial charge in [-0.3, -0.25) is 9.59 Å². The molecule has 3 rings (SSSR count). The second kappa shape index (κ2) is 8.85. The fraction of sp³-hybridized carbons (Fsp3) is 0.400. The second-order valence-electron chi connectivity index (χ2n) is 6.31. The van der Waals surface area contributed by atoms with Crippen molar-refractivity contribution in [2.24, 2.45) is 5.92 Å². The van der Waals surface area contributed by atoms with Gasteiger partial charge in [-0.25, -0.2) is 0 Å². The number of hydrogen-bond acceptors (Lipinski definition) is 5. The van der Waals surface area contributed by atoms with E-state index in [1.807, 2.05) is 24.4 Å². The van der Waals surface area contributed by atoms with E-state index in [2.05, 4.69) is 0 Å². The van der Waals surface area contributed by atoms with E-state index in [9.17, 15) is 9.59 Å². The summed E-state index contributed by atoms with van der Waals surface area (Å²) < 4.78 is 11.0. The van der Waals surface area contributed by atoms with Crippen molar-refractivity contribution in [2.75, 3.05) is 19.7 Å². The first-order chi connectivity index (χ1) is 12.7. The molecule has 138 valence electrons. The average molecular weight is 373 g/mol. The Morgan fingerprint density at radius 1 is 1.19 bits per heavy atom. The number of piperidine rings is 1. The first kappa shape index (κ1) is 18.5. The van der Waals surface area contributed by atoms with Crippen LogP contribution in [0.4, 0.5) is 0 Å². The largest absolute Gasteiger partial charge is 0.494 e. The van der Waals surface area contributed by atoms with Crippen LogP contribution >= 0.6 is 11.3 Å². The topological polar surface area (TPSA) is 55.8 Å². The Hall–Kier alpha value is -2.34. The maximum Gasteiger partial charge on any atom is 0.316 e. The number of benzene rings is 1. The molecule has 26 heavy (non-hydrogen) atoms. The summed E-state index contributed by atoms with van der Waals surface area (Å²) in [7, 11) is 0. The molecule has 0 aliphatic carbocycles. The molecule has 6 heteroatoms. The van der Waals surface area contributed by atoms with Gasteiger partial charge in [-0.2, -0.15) is 0 Å². The van der Waals surface area contributed by atoms with Crippen LogP contribution in [-0.4, -0.2) is 36.5 Å². The zero-order valence-corrected chi connectivity index (χ0v) is 15.7. The van der Waals surface area contributed by atoms with Gasteiger partial charge in [0.05, 0.1) is 17.4 Å². The van der Waals surface area contributed by atoms with E-state index in [-0.39, 0.29) is 17.8 Å². The second-order valence-corrected chi connectivity index (χ2v) is 7.26. The summed E-state index contributed by atoms with van der Waals surface area (Å²) in [5.41, 5.74) is 0. The Bertz CT molecular complexity index is 727. The molecule has 1 saturated heterocycles. The highest BCUT2D eigenvalue weighted by atomic mass is 32.1. The first-order valence-corrected chi connectivity index (χ1v) is 9.82. The zero-order chi connectivity index (χ0) is 18.4. The van der Waals surface area contributed by atoms with Crippen molar-refractivity contribution in [3.63, 3.8) is 0 Å². The Morgan fingerprint density at radius 2 is 1.96 bits per heavy atom. The highest BCUT2D eigenvalue weighted by Crippen LogP contribution is 2.24. The van der Waals surface area contributed by atoms with Crippen LogP contribution in [0, 0.1) is 5.92 Å². The van der Waals surface area contributed by atoms with Crippen molar-refractivity contribution in [2.45, 2.75) is 26.2 Å². The van der Waals surface area contributed by atoms with E-state index in [4.69, 9.17) is 9.47 Å². The normalized spacial score (nSPS) is 17.0. The lowest BCUT2D eigenvalue weighted by atomic mass is 9.98. The summed E-state index contributed by atoms with van der Waals surface area (Å²) in [6, 6.07) is 10.7. The predicted molar refractivity (Wildman–Crippen MR) is 101 cm³/mol. The molecular weight excluding hydrogens is 350 g/mol. The lowest BCUT2D eigenvalue weighted by molar-refractivity contribution is -0.140. The van der Waals surface area contributed by atoms with Gasteiger partial charge < -0.3 is 14.4 Å². The van der Waals surface area contributed by atoms with Crippen LogP contribution in [0.5, 0.6) is 11.5 Å². The number of ether oxygens (including phenoxy) is 2. The molecule has 1 amide bonds. The molecule has 2 aromatic rings. The Balaban J connectivity index is 1.56. The highest BCUT2D eigenvalue weighted by molar-refractivity contribution is 7.12. The SMILES string of the molecule is CCCOc1ccc(OC(=O)C2CCCN(C(=O)c3cccs3)C2)cc1. The van der Waals surface area contributed by atoms with E-state index >= 15 is 0 Å². The van der Waals surface area contributed by atoms with Crippen LogP contribution in [0.1, 0.15) is 35.9 Å². The van der Waals surface area contributed by atoms with Crippen LogP contribution < -0.4 is 9.47 Å². The quantitative estimate of drug-likeness (QED) is 0.567. The zero-order valence-electron chi connectivity index (χ0n) is 14.8. The van der Waals surface area contributed by atoms with Crippen LogP contribution in [0.3, 0.4) is 0 Å². The summed E-state index contributed by atoms with van der Waals surface area (Å²) in [6.07, 6.45) is 2.49. The molecule has 1 aliphatic heterocycles. The average Bonchev–Trinajstić information content (AvgIpc) is 3.21. The minimum atomic E-state index is -0.288. The molecule has 0 radical (unpaired) electrons. The third kappa shape index (κ3) is 4.64. The molecule has 1 aliphatic rings. The number of rotatable bonds is 6. The van der Waals surface area contributed by atoms with Crippen molar-refractivity contribution in [1.29, 1.82) is 0 Å². The van der Waals surface area contributed by atoms with Gasteiger partial charge in [0, 0.05) is 13.1 Å². The first-order valence-electron chi connectivity index (χ1n) is 8.94. The Morgan fingerprint density at radius 3 is 2.65 bits per heavy atom. The molecule has 1 atom stereocenters. The molecule has 2 heterocycles. The maximum atomic E-state index is 12.5. The van der Waals surface area contributed by atoms with Crippen LogP contribution in [0.2, 0.25) is 0 Å². The third-order valence-corrected chi connectivity index (χ3v) is 5.15. The molecule has 1 aromatic carbocycles. The van der Waals surface area contributed by atoms with Crippen LogP contribution in [0.15, 0.2) is 41.8 Å². The van der Waals surface area contributed by atoms with Gasteiger partial charge >= 0.3 is 5.97 Å². The highest BCUT2D eigenvalue weighted by Gasteiger charge is 2.30. The molecule has 0 N–H and O–H groups in total. The van der Waals surface area contributed by atoms with Crippen molar-refractivity contribution in [1.82, 2.24) is 4.90 Å². The summed E-state index contributed by atoms with van der Waals surface area (Å²) >= 11 is 1.42. The molecule has 0 spiro atoms. The number of carbonyl (C=O) groups excluding carboxylic acids is 2. The van der Waals surface area contributed by atoms with Gasteiger partial charge in [0.15, 0.2) is 0 Å².